The SMILES string of the molecule is CC(=O)OC[C@H](CCCCC=C(C)C)[C@@H]1CC[C@@H](C)c2c1cc(C)c(OC(C)=O)c2OC(C)=O. The fraction of sp³-hybridized carbons (Fsp3) is 0.607. The fourth-order valence-corrected chi connectivity index (χ4v) is 4.93. The van der Waals surface area contributed by atoms with Crippen molar-refractivity contribution in [2.75, 3.05) is 6.61 Å². The molecule has 6 heteroatoms. The van der Waals surface area contributed by atoms with Crippen LogP contribution >= 0.6 is 0 Å². The largest absolute Gasteiger partial charge is 0.466 e. The van der Waals surface area contributed by atoms with E-state index in [2.05, 4.69) is 32.9 Å². The molecular formula is C28H40O6. The number of ether oxygens (including phenoxy) is 3. The lowest BCUT2D eigenvalue weighted by atomic mass is 9.70. The zero-order valence-electron chi connectivity index (χ0n) is 21.8. The Morgan fingerprint density at radius 2 is 1.62 bits per heavy atom. The molecule has 0 radical (unpaired) electrons. The van der Waals surface area contributed by atoms with E-state index in [-0.39, 0.29) is 23.7 Å². The Kier molecular flexibility index (Phi) is 10.3. The third-order valence-corrected chi connectivity index (χ3v) is 6.44. The molecule has 34 heavy (non-hydrogen) atoms. The van der Waals surface area contributed by atoms with Crippen molar-refractivity contribution in [2.45, 2.75) is 98.8 Å². The van der Waals surface area contributed by atoms with Gasteiger partial charge in [0.05, 0.1) is 6.61 Å². The van der Waals surface area contributed by atoms with Crippen LogP contribution in [-0.4, -0.2) is 24.5 Å². The highest BCUT2D eigenvalue weighted by molar-refractivity contribution is 5.76. The van der Waals surface area contributed by atoms with Gasteiger partial charge in [-0.15, -0.1) is 0 Å². The molecular weight excluding hydrogens is 432 g/mol. The molecule has 1 aromatic rings. The van der Waals surface area contributed by atoms with Crippen LogP contribution in [0.15, 0.2) is 17.7 Å². The first-order chi connectivity index (χ1) is 16.0. The van der Waals surface area contributed by atoms with Crippen LogP contribution in [-0.2, 0) is 19.1 Å². The molecule has 0 N–H and O–H groups in total. The summed E-state index contributed by atoms with van der Waals surface area (Å²) in [6.07, 6.45) is 8.23. The van der Waals surface area contributed by atoms with Crippen molar-refractivity contribution in [3.63, 3.8) is 0 Å². The number of esters is 3. The van der Waals surface area contributed by atoms with Crippen LogP contribution in [0.1, 0.15) is 109 Å². The Hall–Kier alpha value is -2.63. The first-order valence-electron chi connectivity index (χ1n) is 12.3. The molecule has 0 fully saturated rings. The number of carbonyl (C=O) groups is 3. The number of hydrogen-bond donors (Lipinski definition) is 0. The highest BCUT2D eigenvalue weighted by Gasteiger charge is 2.36. The summed E-state index contributed by atoms with van der Waals surface area (Å²) in [4.78, 5) is 35.4. The van der Waals surface area contributed by atoms with Gasteiger partial charge in [-0.3, -0.25) is 14.4 Å². The van der Waals surface area contributed by atoms with E-state index in [0.29, 0.717) is 18.1 Å². The minimum Gasteiger partial charge on any atom is -0.466 e. The Balaban J connectivity index is 2.46. The van der Waals surface area contributed by atoms with Gasteiger partial charge in [0.15, 0.2) is 11.5 Å². The molecule has 0 bridgehead atoms. The van der Waals surface area contributed by atoms with Crippen molar-refractivity contribution >= 4 is 17.9 Å². The minimum atomic E-state index is -0.458. The molecule has 0 saturated carbocycles. The third-order valence-electron chi connectivity index (χ3n) is 6.44. The van der Waals surface area contributed by atoms with Gasteiger partial charge in [-0.25, -0.2) is 0 Å². The van der Waals surface area contributed by atoms with Crippen molar-refractivity contribution in [1.82, 2.24) is 0 Å². The third kappa shape index (κ3) is 7.71. The highest BCUT2D eigenvalue weighted by Crippen LogP contribution is 2.51. The van der Waals surface area contributed by atoms with Crippen molar-refractivity contribution < 1.29 is 28.6 Å². The average Bonchev–Trinajstić information content (AvgIpc) is 2.72. The Labute approximate surface area is 204 Å². The van der Waals surface area contributed by atoms with Gasteiger partial charge in [0, 0.05) is 26.3 Å². The van der Waals surface area contributed by atoms with Crippen LogP contribution in [0.4, 0.5) is 0 Å². The second-order valence-corrected chi connectivity index (χ2v) is 9.76. The molecule has 6 nitrogen and oxygen atoms in total. The molecule has 1 aliphatic carbocycles. The first kappa shape index (κ1) is 27.6. The molecule has 0 amide bonds. The number of carbonyl (C=O) groups excluding carboxylic acids is 3. The van der Waals surface area contributed by atoms with E-state index >= 15 is 0 Å². The van der Waals surface area contributed by atoms with Crippen molar-refractivity contribution in [3.05, 3.63) is 34.4 Å². The molecule has 0 heterocycles. The number of hydrogen-bond acceptors (Lipinski definition) is 6. The molecule has 188 valence electrons. The average molecular weight is 473 g/mol. The van der Waals surface area contributed by atoms with E-state index in [1.807, 2.05) is 6.92 Å². The number of fused-ring (bicyclic) bond motifs is 1. The van der Waals surface area contributed by atoms with Gasteiger partial charge >= 0.3 is 17.9 Å². The monoisotopic (exact) mass is 472 g/mol. The summed E-state index contributed by atoms with van der Waals surface area (Å²) in [5, 5.41) is 0. The lowest BCUT2D eigenvalue weighted by Gasteiger charge is -2.36. The second-order valence-electron chi connectivity index (χ2n) is 9.76. The van der Waals surface area contributed by atoms with Crippen LogP contribution in [0.3, 0.4) is 0 Å². The normalized spacial score (nSPS) is 17.9. The molecule has 1 aliphatic rings. The summed E-state index contributed by atoms with van der Waals surface area (Å²) in [7, 11) is 0. The minimum absolute atomic E-state index is 0.141. The number of aryl methyl sites for hydroxylation is 1. The summed E-state index contributed by atoms with van der Waals surface area (Å²) >= 11 is 0. The van der Waals surface area contributed by atoms with Crippen LogP contribution in [0.2, 0.25) is 0 Å². The lowest BCUT2D eigenvalue weighted by molar-refractivity contribution is -0.142. The standard InChI is InChI=1S/C28H40O6/c1-17(2)11-9-8-10-12-23(16-32-20(5)29)24-14-13-18(3)26-25(24)15-19(4)27(33-21(6)30)28(26)34-22(7)31/h11,15,18,23-24H,8-10,12-14,16H2,1-7H3/t18-,23+,24+/m1/s1. The number of allylic oxidation sites excluding steroid dienone is 2. The summed E-state index contributed by atoms with van der Waals surface area (Å²) < 4.78 is 16.6. The Morgan fingerprint density at radius 1 is 0.971 bits per heavy atom. The first-order valence-corrected chi connectivity index (χ1v) is 12.3. The van der Waals surface area contributed by atoms with Crippen LogP contribution in [0.5, 0.6) is 11.5 Å². The summed E-state index contributed by atoms with van der Waals surface area (Å²) in [6, 6.07) is 2.06. The smallest absolute Gasteiger partial charge is 0.308 e. The van der Waals surface area contributed by atoms with Crippen molar-refractivity contribution in [1.29, 1.82) is 0 Å². The van der Waals surface area contributed by atoms with E-state index < -0.39 is 11.9 Å². The zero-order chi connectivity index (χ0) is 25.4. The maximum atomic E-state index is 12.0. The lowest BCUT2D eigenvalue weighted by Crippen LogP contribution is -2.26. The van der Waals surface area contributed by atoms with Gasteiger partial charge in [-0.2, -0.15) is 0 Å². The number of unbranched alkanes of at least 4 members (excludes halogenated alkanes) is 2. The summed E-state index contributed by atoms with van der Waals surface area (Å²) in [5.41, 5.74) is 4.10. The van der Waals surface area contributed by atoms with Gasteiger partial charge in [-0.05, 0) is 81.8 Å². The zero-order valence-corrected chi connectivity index (χ0v) is 21.8. The van der Waals surface area contributed by atoms with Gasteiger partial charge in [0.1, 0.15) is 0 Å². The van der Waals surface area contributed by atoms with E-state index in [0.717, 1.165) is 55.2 Å². The van der Waals surface area contributed by atoms with Gasteiger partial charge in [-0.1, -0.05) is 31.1 Å². The Morgan fingerprint density at radius 3 is 2.21 bits per heavy atom. The molecule has 2 rings (SSSR count). The topological polar surface area (TPSA) is 78.9 Å². The Bertz CT molecular complexity index is 925. The summed E-state index contributed by atoms with van der Waals surface area (Å²) in [6.45, 7) is 12.7. The van der Waals surface area contributed by atoms with Crippen molar-refractivity contribution in [3.8, 4) is 11.5 Å². The predicted octanol–water partition coefficient (Wildman–Crippen LogP) is 6.53. The van der Waals surface area contributed by atoms with E-state index in [9.17, 15) is 14.4 Å². The van der Waals surface area contributed by atoms with Crippen LogP contribution in [0, 0.1) is 12.8 Å². The van der Waals surface area contributed by atoms with E-state index in [1.165, 1.54) is 26.3 Å². The molecule has 0 aromatic heterocycles. The molecule has 0 spiro atoms. The van der Waals surface area contributed by atoms with Crippen LogP contribution in [0.25, 0.3) is 0 Å². The molecule has 1 aromatic carbocycles. The van der Waals surface area contributed by atoms with E-state index in [1.54, 1.807) is 0 Å². The molecule has 3 atom stereocenters. The van der Waals surface area contributed by atoms with Gasteiger partial charge in [0.2, 0.25) is 0 Å². The van der Waals surface area contributed by atoms with Gasteiger partial charge in [0.25, 0.3) is 0 Å². The molecule has 0 saturated heterocycles. The van der Waals surface area contributed by atoms with Crippen LogP contribution < -0.4 is 9.47 Å². The quantitative estimate of drug-likeness (QED) is 0.167. The maximum Gasteiger partial charge on any atom is 0.308 e. The number of rotatable bonds is 10. The maximum absolute atomic E-state index is 12.0. The second kappa shape index (κ2) is 12.7. The fourth-order valence-electron chi connectivity index (χ4n) is 4.93. The predicted molar refractivity (Wildman–Crippen MR) is 132 cm³/mol. The van der Waals surface area contributed by atoms with Crippen molar-refractivity contribution in [2.24, 2.45) is 5.92 Å². The van der Waals surface area contributed by atoms with Gasteiger partial charge < -0.3 is 14.2 Å². The molecule has 0 aliphatic heterocycles. The molecule has 0 unspecified atom stereocenters. The highest BCUT2D eigenvalue weighted by atomic mass is 16.6. The summed E-state index contributed by atoms with van der Waals surface area (Å²) in [5.74, 6) is -0.0633. The number of benzene rings is 1. The van der Waals surface area contributed by atoms with E-state index in [4.69, 9.17) is 14.2 Å².